The zero-order valence-corrected chi connectivity index (χ0v) is 16.8. The van der Waals surface area contributed by atoms with E-state index in [4.69, 9.17) is 0 Å². The molecule has 0 saturated heterocycles. The van der Waals surface area contributed by atoms with Crippen LogP contribution in [0.4, 0.5) is 4.39 Å². The van der Waals surface area contributed by atoms with Crippen LogP contribution in [-0.2, 0) is 0 Å². The van der Waals surface area contributed by atoms with Gasteiger partial charge in [-0.1, -0.05) is 19.1 Å². The summed E-state index contributed by atoms with van der Waals surface area (Å²) in [5.41, 5.74) is 0.678. The van der Waals surface area contributed by atoms with Gasteiger partial charge in [0.1, 0.15) is 5.82 Å². The van der Waals surface area contributed by atoms with E-state index in [1.54, 1.807) is 12.1 Å². The van der Waals surface area contributed by atoms with E-state index < -0.39 is 6.10 Å². The zero-order valence-electron chi connectivity index (χ0n) is 14.5. The van der Waals surface area contributed by atoms with Crippen LogP contribution in [0, 0.1) is 11.7 Å². The summed E-state index contributed by atoms with van der Waals surface area (Å²) >= 11 is 0. The fourth-order valence-corrected chi connectivity index (χ4v) is 2.89. The number of hydrogen-bond acceptors (Lipinski definition) is 2. The summed E-state index contributed by atoms with van der Waals surface area (Å²) in [7, 11) is 0. The molecule has 136 valence electrons. The Labute approximate surface area is 161 Å². The minimum atomic E-state index is -0.725. The van der Waals surface area contributed by atoms with Gasteiger partial charge in [-0.05, 0) is 56.2 Å². The van der Waals surface area contributed by atoms with E-state index in [-0.39, 0.29) is 36.3 Å². The molecule has 0 amide bonds. The van der Waals surface area contributed by atoms with Gasteiger partial charge < -0.3 is 15.7 Å². The van der Waals surface area contributed by atoms with Crippen molar-refractivity contribution in [2.24, 2.45) is 10.9 Å². The second-order valence-corrected chi connectivity index (χ2v) is 6.39. The van der Waals surface area contributed by atoms with Crippen LogP contribution in [0.2, 0.25) is 0 Å². The van der Waals surface area contributed by atoms with Crippen molar-refractivity contribution in [3.63, 3.8) is 0 Å². The summed E-state index contributed by atoms with van der Waals surface area (Å²) < 4.78 is 12.9. The third kappa shape index (κ3) is 6.93. The molecule has 0 aliphatic heterocycles. The highest BCUT2D eigenvalue weighted by atomic mass is 127. The Bertz CT molecular complexity index is 501. The van der Waals surface area contributed by atoms with Crippen molar-refractivity contribution in [2.45, 2.75) is 51.7 Å². The Hall–Kier alpha value is -0.890. The van der Waals surface area contributed by atoms with Gasteiger partial charge in [0, 0.05) is 12.6 Å². The van der Waals surface area contributed by atoms with Crippen molar-refractivity contribution in [3.05, 3.63) is 35.6 Å². The normalized spacial score (nSPS) is 22.4. The lowest BCUT2D eigenvalue weighted by atomic mass is 9.87. The number of guanidine groups is 1. The lowest BCUT2D eigenvalue weighted by molar-refractivity contribution is 0.187. The predicted octanol–water partition coefficient (Wildman–Crippen LogP) is 3.61. The second kappa shape index (κ2) is 10.9. The van der Waals surface area contributed by atoms with Crippen LogP contribution in [-0.4, -0.2) is 30.2 Å². The van der Waals surface area contributed by atoms with Gasteiger partial charge in [-0.15, -0.1) is 24.0 Å². The molecular formula is C18H29FIN3O. The molecule has 4 nitrogen and oxygen atoms in total. The minimum absolute atomic E-state index is 0. The average molecular weight is 449 g/mol. The molecule has 0 aromatic heterocycles. The monoisotopic (exact) mass is 449 g/mol. The molecule has 1 unspecified atom stereocenters. The van der Waals surface area contributed by atoms with Crippen LogP contribution in [0.1, 0.15) is 51.2 Å². The van der Waals surface area contributed by atoms with Gasteiger partial charge in [-0.2, -0.15) is 0 Å². The third-order valence-corrected chi connectivity index (χ3v) is 4.38. The molecule has 2 rings (SSSR count). The Morgan fingerprint density at radius 1 is 1.25 bits per heavy atom. The van der Waals surface area contributed by atoms with E-state index in [1.165, 1.54) is 25.0 Å². The fraction of sp³-hybridized carbons (Fsp3) is 0.611. The molecule has 1 fully saturated rings. The fourth-order valence-electron chi connectivity index (χ4n) is 2.89. The number of rotatable bonds is 5. The molecule has 6 heteroatoms. The van der Waals surface area contributed by atoms with E-state index in [0.717, 1.165) is 31.3 Å². The number of nitrogens with zero attached hydrogens (tertiary/aromatic N) is 1. The van der Waals surface area contributed by atoms with Crippen LogP contribution in [0.15, 0.2) is 29.3 Å². The van der Waals surface area contributed by atoms with Crippen molar-refractivity contribution in [2.75, 3.05) is 13.1 Å². The van der Waals surface area contributed by atoms with Crippen LogP contribution in [0.5, 0.6) is 0 Å². The number of aliphatic imine (C=N–C) groups is 1. The second-order valence-electron chi connectivity index (χ2n) is 6.39. The molecule has 1 aliphatic rings. The predicted molar refractivity (Wildman–Crippen MR) is 107 cm³/mol. The summed E-state index contributed by atoms with van der Waals surface area (Å²) in [5, 5.41) is 16.9. The first-order valence-electron chi connectivity index (χ1n) is 8.56. The van der Waals surface area contributed by atoms with Gasteiger partial charge in [0.2, 0.25) is 0 Å². The molecule has 1 aliphatic carbocycles. The first kappa shape index (κ1) is 21.2. The number of hydrogen-bond donors (Lipinski definition) is 3. The average Bonchev–Trinajstić information content (AvgIpc) is 2.55. The van der Waals surface area contributed by atoms with Crippen LogP contribution in [0.3, 0.4) is 0 Å². The van der Waals surface area contributed by atoms with Gasteiger partial charge in [0.05, 0.1) is 12.6 Å². The summed E-state index contributed by atoms with van der Waals surface area (Å²) in [5.74, 6) is 1.26. The first-order chi connectivity index (χ1) is 11.1. The SMILES string of the molecule is CCNC(=NCC(O)c1ccc(F)cc1)NC1CCC(C)CC1.I. The van der Waals surface area contributed by atoms with Gasteiger partial charge in [0.15, 0.2) is 5.96 Å². The van der Waals surface area contributed by atoms with Gasteiger partial charge >= 0.3 is 0 Å². The Morgan fingerprint density at radius 2 is 1.88 bits per heavy atom. The summed E-state index contributed by atoms with van der Waals surface area (Å²) in [6.07, 6.45) is 4.08. The standard InChI is InChI=1S/C18H28FN3O.HI/c1-3-20-18(22-16-10-4-13(2)5-11-16)21-12-17(23)14-6-8-15(19)9-7-14;/h6-9,13,16-17,23H,3-5,10-12H2,1-2H3,(H2,20,21,22);1H. The van der Waals surface area contributed by atoms with Crippen LogP contribution in [0.25, 0.3) is 0 Å². The van der Waals surface area contributed by atoms with Gasteiger partial charge in [0.25, 0.3) is 0 Å². The molecule has 0 bridgehead atoms. The van der Waals surface area contributed by atoms with E-state index in [9.17, 15) is 9.50 Å². The van der Waals surface area contributed by atoms with Crippen molar-refractivity contribution in [1.29, 1.82) is 0 Å². The molecule has 1 aromatic rings. The number of halogens is 2. The van der Waals surface area contributed by atoms with Crippen molar-refractivity contribution >= 4 is 29.9 Å². The smallest absolute Gasteiger partial charge is 0.191 e. The summed E-state index contributed by atoms with van der Waals surface area (Å²) in [4.78, 5) is 4.48. The molecule has 24 heavy (non-hydrogen) atoms. The van der Waals surface area contributed by atoms with E-state index in [1.807, 2.05) is 6.92 Å². The Morgan fingerprint density at radius 3 is 2.46 bits per heavy atom. The minimum Gasteiger partial charge on any atom is -0.386 e. The number of benzene rings is 1. The van der Waals surface area contributed by atoms with E-state index in [2.05, 4.69) is 22.5 Å². The molecular weight excluding hydrogens is 420 g/mol. The number of aliphatic hydroxyl groups excluding tert-OH is 1. The van der Waals surface area contributed by atoms with E-state index >= 15 is 0 Å². The van der Waals surface area contributed by atoms with Crippen molar-refractivity contribution in [1.82, 2.24) is 10.6 Å². The lowest BCUT2D eigenvalue weighted by Gasteiger charge is -2.28. The Kier molecular flexibility index (Phi) is 9.58. The maximum absolute atomic E-state index is 12.9. The Balaban J connectivity index is 0.00000288. The molecule has 1 atom stereocenters. The highest BCUT2D eigenvalue weighted by Crippen LogP contribution is 2.23. The quantitative estimate of drug-likeness (QED) is 0.366. The third-order valence-electron chi connectivity index (χ3n) is 4.38. The summed E-state index contributed by atoms with van der Waals surface area (Å²) in [6.45, 7) is 5.36. The zero-order chi connectivity index (χ0) is 16.7. The van der Waals surface area contributed by atoms with Gasteiger partial charge in [-0.25, -0.2) is 4.39 Å². The molecule has 1 saturated carbocycles. The highest BCUT2D eigenvalue weighted by Gasteiger charge is 2.19. The molecule has 3 N–H and O–H groups in total. The molecule has 1 aromatic carbocycles. The van der Waals surface area contributed by atoms with Gasteiger partial charge in [-0.3, -0.25) is 4.99 Å². The van der Waals surface area contributed by atoms with Crippen molar-refractivity contribution in [3.8, 4) is 0 Å². The highest BCUT2D eigenvalue weighted by molar-refractivity contribution is 14.0. The van der Waals surface area contributed by atoms with Crippen molar-refractivity contribution < 1.29 is 9.50 Å². The molecule has 0 spiro atoms. The van der Waals surface area contributed by atoms with Crippen LogP contribution >= 0.6 is 24.0 Å². The first-order valence-corrected chi connectivity index (χ1v) is 8.56. The van der Waals surface area contributed by atoms with E-state index in [0.29, 0.717) is 11.6 Å². The summed E-state index contributed by atoms with van der Waals surface area (Å²) in [6, 6.07) is 6.35. The lowest BCUT2D eigenvalue weighted by Crippen LogP contribution is -2.45. The maximum atomic E-state index is 12.9. The topological polar surface area (TPSA) is 56.7 Å². The molecule has 0 radical (unpaired) electrons. The number of nitrogens with one attached hydrogen (secondary N) is 2. The van der Waals surface area contributed by atoms with Crippen LogP contribution < -0.4 is 10.6 Å². The number of aliphatic hydroxyl groups is 1. The largest absolute Gasteiger partial charge is 0.386 e. The maximum Gasteiger partial charge on any atom is 0.191 e. The molecule has 0 heterocycles.